The second kappa shape index (κ2) is 6.50. The van der Waals surface area contributed by atoms with Gasteiger partial charge in [-0.2, -0.15) is 0 Å². The van der Waals surface area contributed by atoms with Crippen LogP contribution in [0, 0.1) is 19.8 Å². The Kier molecular flexibility index (Phi) is 4.66. The van der Waals surface area contributed by atoms with Crippen molar-refractivity contribution in [1.29, 1.82) is 0 Å². The van der Waals surface area contributed by atoms with Gasteiger partial charge in [0, 0.05) is 18.5 Å². The average Bonchev–Trinajstić information content (AvgIpc) is 2.84. The maximum Gasteiger partial charge on any atom is 0.0583 e. The van der Waals surface area contributed by atoms with E-state index >= 15 is 0 Å². The second-order valence-electron chi connectivity index (χ2n) is 7.19. The van der Waals surface area contributed by atoms with Crippen molar-refractivity contribution in [3.05, 3.63) is 34.9 Å². The van der Waals surface area contributed by atoms with Crippen molar-refractivity contribution < 1.29 is 5.11 Å². The number of likely N-dealkylation sites (tertiary alicyclic amines) is 1. The monoisotopic (exact) mass is 287 g/mol. The highest BCUT2D eigenvalue weighted by Gasteiger charge is 2.36. The molecule has 21 heavy (non-hydrogen) atoms. The van der Waals surface area contributed by atoms with Gasteiger partial charge in [0.1, 0.15) is 0 Å². The summed E-state index contributed by atoms with van der Waals surface area (Å²) in [6, 6.07) is 7.49. The van der Waals surface area contributed by atoms with Crippen LogP contribution in [0.3, 0.4) is 0 Å². The zero-order valence-electron chi connectivity index (χ0n) is 13.5. The molecule has 2 aliphatic rings. The van der Waals surface area contributed by atoms with Crippen LogP contribution in [-0.2, 0) is 6.54 Å². The van der Waals surface area contributed by atoms with E-state index in [9.17, 15) is 5.11 Å². The lowest BCUT2D eigenvalue weighted by Gasteiger charge is -2.40. The third-order valence-electron chi connectivity index (χ3n) is 5.36. The maximum absolute atomic E-state index is 10.3. The van der Waals surface area contributed by atoms with Gasteiger partial charge in [0.2, 0.25) is 0 Å². The van der Waals surface area contributed by atoms with E-state index in [0.717, 1.165) is 13.0 Å². The van der Waals surface area contributed by atoms with E-state index in [1.54, 1.807) is 0 Å². The van der Waals surface area contributed by atoms with Crippen LogP contribution in [0.4, 0.5) is 0 Å². The van der Waals surface area contributed by atoms with Gasteiger partial charge in [-0.1, -0.05) is 42.2 Å². The Balaban J connectivity index is 1.74. The molecule has 1 aromatic carbocycles. The zero-order valence-corrected chi connectivity index (χ0v) is 13.5. The largest absolute Gasteiger partial charge is 0.393 e. The van der Waals surface area contributed by atoms with Gasteiger partial charge in [0.25, 0.3) is 0 Å². The van der Waals surface area contributed by atoms with E-state index in [1.807, 2.05) is 0 Å². The summed E-state index contributed by atoms with van der Waals surface area (Å²) in [6.45, 7) is 6.62. The smallest absolute Gasteiger partial charge is 0.0583 e. The fourth-order valence-electron chi connectivity index (χ4n) is 4.51. The van der Waals surface area contributed by atoms with Gasteiger partial charge >= 0.3 is 0 Å². The molecular weight excluding hydrogens is 258 g/mol. The van der Waals surface area contributed by atoms with Crippen molar-refractivity contribution in [3.63, 3.8) is 0 Å². The van der Waals surface area contributed by atoms with Crippen molar-refractivity contribution in [2.75, 3.05) is 6.54 Å². The number of hydrogen-bond donors (Lipinski definition) is 1. The third kappa shape index (κ3) is 3.49. The molecule has 0 aromatic heterocycles. The first-order valence-electron chi connectivity index (χ1n) is 8.63. The lowest BCUT2D eigenvalue weighted by Crippen LogP contribution is -2.45. The van der Waals surface area contributed by atoms with E-state index in [0.29, 0.717) is 12.0 Å². The molecule has 0 radical (unpaired) electrons. The molecule has 1 saturated heterocycles. The Morgan fingerprint density at radius 3 is 2.43 bits per heavy atom. The Hall–Kier alpha value is -0.860. The predicted molar refractivity (Wildman–Crippen MR) is 87.3 cm³/mol. The van der Waals surface area contributed by atoms with Crippen LogP contribution in [0.2, 0.25) is 0 Å². The first kappa shape index (κ1) is 15.1. The summed E-state index contributed by atoms with van der Waals surface area (Å²) in [5, 5.41) is 10.3. The van der Waals surface area contributed by atoms with Crippen LogP contribution in [0.25, 0.3) is 0 Å². The molecule has 3 rings (SSSR count). The number of piperidine rings is 1. The molecular formula is C19H29NO. The van der Waals surface area contributed by atoms with E-state index in [4.69, 9.17) is 0 Å². The summed E-state index contributed by atoms with van der Waals surface area (Å²) in [6.07, 6.45) is 7.29. The molecule has 0 bridgehead atoms. The molecule has 1 N–H and O–H groups in total. The molecule has 1 saturated carbocycles. The van der Waals surface area contributed by atoms with Crippen molar-refractivity contribution in [1.82, 2.24) is 4.90 Å². The molecule has 2 heteroatoms. The molecule has 2 nitrogen and oxygen atoms in total. The molecule has 3 atom stereocenters. The summed E-state index contributed by atoms with van der Waals surface area (Å²) >= 11 is 0. The minimum atomic E-state index is -0.0603. The number of nitrogens with zero attached hydrogens (tertiary/aromatic N) is 1. The van der Waals surface area contributed by atoms with Gasteiger partial charge in [-0.05, 0) is 51.6 Å². The molecule has 116 valence electrons. The van der Waals surface area contributed by atoms with Crippen LogP contribution < -0.4 is 0 Å². The standard InChI is InChI=1S/C19H29NO/c1-14-10-15(2)12-16(11-14)13-20-9-4-3-7-18(20)17-6-5-8-19(17)21/h10-12,17-19,21H,3-9,13H2,1-2H3. The first-order chi connectivity index (χ1) is 10.1. The average molecular weight is 287 g/mol. The van der Waals surface area contributed by atoms with Crippen LogP contribution in [0.15, 0.2) is 18.2 Å². The normalized spacial score (nSPS) is 30.7. The molecule has 1 heterocycles. The lowest BCUT2D eigenvalue weighted by atomic mass is 9.87. The lowest BCUT2D eigenvalue weighted by molar-refractivity contribution is 0.0313. The molecule has 1 aliphatic carbocycles. The Bertz CT molecular complexity index is 464. The van der Waals surface area contributed by atoms with E-state index in [1.165, 1.54) is 55.3 Å². The highest BCUT2D eigenvalue weighted by atomic mass is 16.3. The summed E-state index contributed by atoms with van der Waals surface area (Å²) in [5.41, 5.74) is 4.16. The first-order valence-corrected chi connectivity index (χ1v) is 8.63. The van der Waals surface area contributed by atoms with Crippen molar-refractivity contribution in [2.24, 2.45) is 5.92 Å². The van der Waals surface area contributed by atoms with Crippen LogP contribution in [0.1, 0.15) is 55.2 Å². The summed E-state index contributed by atoms with van der Waals surface area (Å²) in [7, 11) is 0. The fraction of sp³-hybridized carbons (Fsp3) is 0.684. The minimum absolute atomic E-state index is 0.0603. The Morgan fingerprint density at radius 1 is 1.00 bits per heavy atom. The molecule has 3 unspecified atom stereocenters. The maximum atomic E-state index is 10.3. The summed E-state index contributed by atoms with van der Waals surface area (Å²) in [5.74, 6) is 0.510. The molecule has 1 aromatic rings. The van der Waals surface area contributed by atoms with Crippen molar-refractivity contribution in [3.8, 4) is 0 Å². The zero-order chi connectivity index (χ0) is 14.8. The van der Waals surface area contributed by atoms with E-state index in [-0.39, 0.29) is 6.10 Å². The SMILES string of the molecule is Cc1cc(C)cc(CN2CCCCC2C2CCCC2O)c1. The fourth-order valence-corrected chi connectivity index (χ4v) is 4.51. The van der Waals surface area contributed by atoms with Crippen LogP contribution >= 0.6 is 0 Å². The second-order valence-corrected chi connectivity index (χ2v) is 7.19. The van der Waals surface area contributed by atoms with Gasteiger partial charge < -0.3 is 5.11 Å². The molecule has 0 spiro atoms. The summed E-state index contributed by atoms with van der Waals surface area (Å²) < 4.78 is 0. The highest BCUT2D eigenvalue weighted by Crippen LogP contribution is 2.35. The summed E-state index contributed by atoms with van der Waals surface area (Å²) in [4.78, 5) is 2.65. The van der Waals surface area contributed by atoms with Gasteiger partial charge in [0.05, 0.1) is 6.10 Å². The third-order valence-corrected chi connectivity index (χ3v) is 5.36. The number of rotatable bonds is 3. The van der Waals surface area contributed by atoms with E-state index in [2.05, 4.69) is 36.9 Å². The quantitative estimate of drug-likeness (QED) is 0.913. The van der Waals surface area contributed by atoms with Crippen molar-refractivity contribution in [2.45, 2.75) is 71.1 Å². The minimum Gasteiger partial charge on any atom is -0.393 e. The number of hydrogen-bond acceptors (Lipinski definition) is 2. The van der Waals surface area contributed by atoms with Gasteiger partial charge in [-0.15, -0.1) is 0 Å². The highest BCUT2D eigenvalue weighted by molar-refractivity contribution is 5.28. The van der Waals surface area contributed by atoms with Gasteiger partial charge in [-0.25, -0.2) is 0 Å². The van der Waals surface area contributed by atoms with Crippen molar-refractivity contribution >= 4 is 0 Å². The van der Waals surface area contributed by atoms with Gasteiger partial charge in [-0.3, -0.25) is 4.90 Å². The Labute approximate surface area is 129 Å². The van der Waals surface area contributed by atoms with Gasteiger partial charge in [0.15, 0.2) is 0 Å². The topological polar surface area (TPSA) is 23.5 Å². The molecule has 2 fully saturated rings. The molecule has 0 amide bonds. The molecule has 1 aliphatic heterocycles. The van der Waals surface area contributed by atoms with E-state index < -0.39 is 0 Å². The predicted octanol–water partition coefficient (Wildman–Crippen LogP) is 3.82. The van der Waals surface area contributed by atoms with Crippen LogP contribution in [-0.4, -0.2) is 28.7 Å². The Morgan fingerprint density at radius 2 is 1.76 bits per heavy atom. The van der Waals surface area contributed by atoms with Crippen LogP contribution in [0.5, 0.6) is 0 Å². The number of aliphatic hydroxyl groups is 1. The number of aliphatic hydroxyl groups excluding tert-OH is 1. The number of benzene rings is 1. The number of aryl methyl sites for hydroxylation is 2.